The van der Waals surface area contributed by atoms with E-state index in [1.807, 2.05) is 0 Å². The van der Waals surface area contributed by atoms with E-state index in [-0.39, 0.29) is 30.4 Å². The minimum absolute atomic E-state index is 0.128. The largest absolute Gasteiger partial charge is 0.492 e. The van der Waals surface area contributed by atoms with Gasteiger partial charge in [0.05, 0.1) is 23.7 Å². The van der Waals surface area contributed by atoms with Gasteiger partial charge < -0.3 is 14.8 Å². The molecule has 0 aliphatic carbocycles. The molecule has 1 aliphatic rings. The standard InChI is InChI=1S/C23H21FN2O5S/c24-17-10-12-18(13-11-17)30-15-14-25-23(27)22-16-26(20-8-4-5-9-21(20)31-22)32(28,29)19-6-2-1-3-7-19/h1-13,22H,14-16H2,(H,25,27). The van der Waals surface area contributed by atoms with Crippen LogP contribution < -0.4 is 19.1 Å². The van der Waals surface area contributed by atoms with E-state index in [0.29, 0.717) is 17.2 Å². The first kappa shape index (κ1) is 21.6. The van der Waals surface area contributed by atoms with Crippen LogP contribution in [0.1, 0.15) is 0 Å². The molecule has 1 heterocycles. The smallest absolute Gasteiger partial charge is 0.264 e. The van der Waals surface area contributed by atoms with Crippen molar-refractivity contribution in [3.8, 4) is 11.5 Å². The molecule has 1 amide bonds. The second kappa shape index (κ2) is 9.27. The van der Waals surface area contributed by atoms with Crippen molar-refractivity contribution in [2.24, 2.45) is 0 Å². The van der Waals surface area contributed by atoms with Crippen LogP contribution >= 0.6 is 0 Å². The van der Waals surface area contributed by atoms with Crippen LogP contribution in [0, 0.1) is 5.82 Å². The Morgan fingerprint density at radius 3 is 2.47 bits per heavy atom. The van der Waals surface area contributed by atoms with Crippen molar-refractivity contribution >= 4 is 21.6 Å². The number of carbonyl (C=O) groups is 1. The number of hydrogen-bond acceptors (Lipinski definition) is 5. The number of sulfonamides is 1. The molecule has 3 aromatic carbocycles. The lowest BCUT2D eigenvalue weighted by Gasteiger charge is -2.34. The third-order valence-electron chi connectivity index (χ3n) is 4.84. The summed E-state index contributed by atoms with van der Waals surface area (Å²) in [6, 6.07) is 20.3. The number of carbonyl (C=O) groups excluding carboxylic acids is 1. The summed E-state index contributed by atoms with van der Waals surface area (Å²) in [5, 5.41) is 2.69. The Kier molecular flexibility index (Phi) is 6.27. The summed E-state index contributed by atoms with van der Waals surface area (Å²) < 4.78 is 51.9. The Balaban J connectivity index is 1.45. The predicted molar refractivity (Wildman–Crippen MR) is 117 cm³/mol. The molecule has 0 saturated heterocycles. The Bertz CT molecular complexity index is 1190. The number of rotatable bonds is 7. The Morgan fingerprint density at radius 1 is 1.03 bits per heavy atom. The molecule has 32 heavy (non-hydrogen) atoms. The van der Waals surface area contributed by atoms with E-state index in [9.17, 15) is 17.6 Å². The summed E-state index contributed by atoms with van der Waals surface area (Å²) in [5.41, 5.74) is 0.375. The zero-order chi connectivity index (χ0) is 22.6. The number of ether oxygens (including phenoxy) is 2. The van der Waals surface area contributed by atoms with E-state index in [2.05, 4.69) is 5.32 Å². The van der Waals surface area contributed by atoms with Crippen LogP contribution in [0.15, 0.2) is 83.8 Å². The second-order valence-corrected chi connectivity index (χ2v) is 8.88. The van der Waals surface area contributed by atoms with Crippen molar-refractivity contribution in [1.82, 2.24) is 5.32 Å². The van der Waals surface area contributed by atoms with Gasteiger partial charge in [0.25, 0.3) is 15.9 Å². The van der Waals surface area contributed by atoms with Crippen LogP contribution in [0.5, 0.6) is 11.5 Å². The average molecular weight is 456 g/mol. The van der Waals surface area contributed by atoms with Crippen molar-refractivity contribution in [1.29, 1.82) is 0 Å². The first-order valence-corrected chi connectivity index (χ1v) is 11.4. The minimum atomic E-state index is -3.89. The molecule has 1 unspecified atom stereocenters. The van der Waals surface area contributed by atoms with Gasteiger partial charge >= 0.3 is 0 Å². The summed E-state index contributed by atoms with van der Waals surface area (Å²) in [6.45, 7) is 0.161. The molecule has 1 aliphatic heterocycles. The first-order chi connectivity index (χ1) is 15.4. The average Bonchev–Trinajstić information content (AvgIpc) is 2.82. The number of anilines is 1. The number of fused-ring (bicyclic) bond motifs is 1. The van der Waals surface area contributed by atoms with Crippen LogP contribution in [-0.4, -0.2) is 40.1 Å². The maximum absolute atomic E-state index is 13.3. The van der Waals surface area contributed by atoms with Gasteiger partial charge in [-0.25, -0.2) is 12.8 Å². The number of para-hydroxylation sites is 2. The van der Waals surface area contributed by atoms with Gasteiger partial charge in [-0.15, -0.1) is 0 Å². The molecule has 1 N–H and O–H groups in total. The highest BCUT2D eigenvalue weighted by Gasteiger charge is 2.37. The highest BCUT2D eigenvalue weighted by molar-refractivity contribution is 7.92. The lowest BCUT2D eigenvalue weighted by molar-refractivity contribution is -0.127. The number of nitrogens with zero attached hydrogens (tertiary/aromatic N) is 1. The molecule has 9 heteroatoms. The van der Waals surface area contributed by atoms with Gasteiger partial charge in [0.1, 0.15) is 23.9 Å². The molecular formula is C23H21FN2O5S. The van der Waals surface area contributed by atoms with Gasteiger partial charge in [0.2, 0.25) is 0 Å². The van der Waals surface area contributed by atoms with E-state index in [1.54, 1.807) is 42.5 Å². The van der Waals surface area contributed by atoms with Crippen LogP contribution in [0.2, 0.25) is 0 Å². The molecule has 4 rings (SSSR count). The van der Waals surface area contributed by atoms with Crippen molar-refractivity contribution in [2.75, 3.05) is 24.0 Å². The zero-order valence-electron chi connectivity index (χ0n) is 17.0. The number of amides is 1. The monoisotopic (exact) mass is 456 g/mol. The Hall–Kier alpha value is -3.59. The number of hydrogen-bond donors (Lipinski definition) is 1. The zero-order valence-corrected chi connectivity index (χ0v) is 17.8. The topological polar surface area (TPSA) is 84.9 Å². The second-order valence-electron chi connectivity index (χ2n) is 7.02. The highest BCUT2D eigenvalue weighted by Crippen LogP contribution is 2.36. The maximum Gasteiger partial charge on any atom is 0.264 e. The van der Waals surface area contributed by atoms with E-state index >= 15 is 0 Å². The molecule has 0 saturated carbocycles. The van der Waals surface area contributed by atoms with Gasteiger partial charge in [-0.2, -0.15) is 0 Å². The summed E-state index contributed by atoms with van der Waals surface area (Å²) in [5.74, 6) is -0.0459. The molecule has 1 atom stereocenters. The molecule has 3 aromatic rings. The summed E-state index contributed by atoms with van der Waals surface area (Å²) >= 11 is 0. The van der Waals surface area contributed by atoms with Crippen molar-refractivity contribution in [3.63, 3.8) is 0 Å². The van der Waals surface area contributed by atoms with Crippen LogP contribution in [0.25, 0.3) is 0 Å². The quantitative estimate of drug-likeness (QED) is 0.553. The van der Waals surface area contributed by atoms with Gasteiger partial charge in [-0.1, -0.05) is 30.3 Å². The fraction of sp³-hybridized carbons (Fsp3) is 0.174. The molecule has 0 spiro atoms. The normalized spacial score (nSPS) is 15.4. The molecule has 0 fully saturated rings. The van der Waals surface area contributed by atoms with Gasteiger partial charge in [-0.3, -0.25) is 9.10 Å². The van der Waals surface area contributed by atoms with Crippen LogP contribution in [0.3, 0.4) is 0 Å². The summed E-state index contributed by atoms with van der Waals surface area (Å²) in [6.07, 6.45) is -1.03. The fourth-order valence-corrected chi connectivity index (χ4v) is 4.77. The van der Waals surface area contributed by atoms with Crippen LogP contribution in [-0.2, 0) is 14.8 Å². The predicted octanol–water partition coefficient (Wildman–Crippen LogP) is 2.98. The fourth-order valence-electron chi connectivity index (χ4n) is 3.27. The maximum atomic E-state index is 13.3. The number of benzene rings is 3. The summed E-state index contributed by atoms with van der Waals surface area (Å²) in [7, 11) is -3.89. The minimum Gasteiger partial charge on any atom is -0.492 e. The van der Waals surface area contributed by atoms with Gasteiger partial charge in [-0.05, 0) is 48.5 Å². The third-order valence-corrected chi connectivity index (χ3v) is 6.64. The highest BCUT2D eigenvalue weighted by atomic mass is 32.2. The Labute approximate surface area is 185 Å². The Morgan fingerprint density at radius 2 is 1.72 bits per heavy atom. The van der Waals surface area contributed by atoms with Crippen LogP contribution in [0.4, 0.5) is 10.1 Å². The molecule has 0 aromatic heterocycles. The first-order valence-electron chi connectivity index (χ1n) is 9.95. The molecule has 0 bridgehead atoms. The van der Waals surface area contributed by atoms with E-state index in [4.69, 9.17) is 9.47 Å². The molecule has 0 radical (unpaired) electrons. The van der Waals surface area contributed by atoms with Gasteiger partial charge in [0.15, 0.2) is 6.10 Å². The van der Waals surface area contributed by atoms with Crippen molar-refractivity contribution in [2.45, 2.75) is 11.0 Å². The molecular weight excluding hydrogens is 435 g/mol. The lowest BCUT2D eigenvalue weighted by atomic mass is 10.2. The summed E-state index contributed by atoms with van der Waals surface area (Å²) in [4.78, 5) is 12.8. The van der Waals surface area contributed by atoms with Crippen molar-refractivity contribution < 1.29 is 27.1 Å². The van der Waals surface area contributed by atoms with E-state index in [0.717, 1.165) is 0 Å². The number of halogens is 1. The molecule has 7 nitrogen and oxygen atoms in total. The third kappa shape index (κ3) is 4.67. The van der Waals surface area contributed by atoms with Crippen molar-refractivity contribution in [3.05, 3.63) is 84.7 Å². The SMILES string of the molecule is O=C(NCCOc1ccc(F)cc1)C1CN(S(=O)(=O)c2ccccc2)c2ccccc2O1. The van der Waals surface area contributed by atoms with E-state index in [1.165, 1.54) is 40.7 Å². The van der Waals surface area contributed by atoms with Gasteiger partial charge in [0, 0.05) is 0 Å². The number of nitrogens with one attached hydrogen (secondary N) is 1. The molecule has 166 valence electrons. The van der Waals surface area contributed by atoms with E-state index < -0.39 is 22.0 Å². The lowest BCUT2D eigenvalue weighted by Crippen LogP contribution is -2.51.